The second-order valence-electron chi connectivity index (χ2n) is 8.03. The van der Waals surface area contributed by atoms with Crippen LogP contribution in [0.1, 0.15) is 49.6 Å². The number of nitro groups is 1. The maximum Gasteiger partial charge on any atom is 0.289 e. The Kier molecular flexibility index (Phi) is 6.72. The minimum Gasteiger partial charge on any atom is -0.318 e. The molecule has 0 atom stereocenters. The zero-order chi connectivity index (χ0) is 24.6. The molecule has 3 heterocycles. The van der Waals surface area contributed by atoms with Crippen LogP contribution < -0.4 is 0 Å². The van der Waals surface area contributed by atoms with Crippen molar-refractivity contribution in [2.24, 2.45) is 10.1 Å². The molecule has 0 saturated heterocycles. The third kappa shape index (κ3) is 4.43. The number of aromatic nitrogens is 1. The number of benzene rings is 1. The number of carbonyl (C=O) groups excluding carboxylic acids is 1. The molecule has 9 nitrogen and oxygen atoms in total. The number of nitrogens with zero attached hydrogens (tertiary/aromatic N) is 5. The van der Waals surface area contributed by atoms with Gasteiger partial charge in [0.1, 0.15) is 10.1 Å². The number of thioether (sulfide) groups is 1. The van der Waals surface area contributed by atoms with Crippen molar-refractivity contribution >= 4 is 57.1 Å². The molecule has 0 spiro atoms. The number of amidine groups is 2. The highest BCUT2D eigenvalue weighted by Crippen LogP contribution is 2.32. The van der Waals surface area contributed by atoms with Crippen molar-refractivity contribution < 1.29 is 9.72 Å². The molecule has 0 bridgehead atoms. The van der Waals surface area contributed by atoms with Crippen molar-refractivity contribution in [1.82, 2.24) is 9.58 Å². The lowest BCUT2D eigenvalue weighted by atomic mass is 10.1. The molecule has 1 aromatic heterocycles. The Labute approximate surface area is 205 Å². The highest BCUT2D eigenvalue weighted by atomic mass is 35.5. The standard InChI is InChI=1S/C23H23ClN6O3S/c1-4-5-6-7-20-27-29-21(25)17(22(31)26-23(29)34-20)11-15-10-13(2)28(14(15)3)16-8-9-18(24)19(12-16)30(32)33/h8-12,25H,4-7H2,1-3H3. The van der Waals surface area contributed by atoms with Crippen LogP contribution in [0, 0.1) is 29.4 Å². The minimum atomic E-state index is -0.522. The van der Waals surface area contributed by atoms with E-state index in [0.717, 1.165) is 42.1 Å². The third-order valence-electron chi connectivity index (χ3n) is 5.65. The number of nitrogens with one attached hydrogen (secondary N) is 1. The van der Waals surface area contributed by atoms with Gasteiger partial charge in [0.05, 0.1) is 16.2 Å². The molecule has 34 heavy (non-hydrogen) atoms. The van der Waals surface area contributed by atoms with Gasteiger partial charge in [-0.3, -0.25) is 20.3 Å². The van der Waals surface area contributed by atoms with Gasteiger partial charge in [-0.25, -0.2) is 0 Å². The molecule has 0 fully saturated rings. The smallest absolute Gasteiger partial charge is 0.289 e. The van der Waals surface area contributed by atoms with Crippen molar-refractivity contribution in [2.75, 3.05) is 0 Å². The molecule has 2 aliphatic rings. The molecule has 0 unspecified atom stereocenters. The first-order valence-electron chi connectivity index (χ1n) is 10.8. The zero-order valence-corrected chi connectivity index (χ0v) is 20.5. The molecule has 0 saturated carbocycles. The highest BCUT2D eigenvalue weighted by Gasteiger charge is 2.35. The van der Waals surface area contributed by atoms with E-state index >= 15 is 0 Å². The van der Waals surface area contributed by atoms with Crippen LogP contribution in [0.3, 0.4) is 0 Å². The highest BCUT2D eigenvalue weighted by molar-refractivity contribution is 8.26. The number of rotatable bonds is 7. The lowest BCUT2D eigenvalue weighted by molar-refractivity contribution is -0.384. The number of hydrogen-bond donors (Lipinski definition) is 1. The van der Waals surface area contributed by atoms with Gasteiger partial charge in [-0.2, -0.15) is 15.1 Å². The summed E-state index contributed by atoms with van der Waals surface area (Å²) in [6, 6.07) is 6.47. The summed E-state index contributed by atoms with van der Waals surface area (Å²) < 4.78 is 1.84. The second kappa shape index (κ2) is 9.55. The van der Waals surface area contributed by atoms with E-state index < -0.39 is 10.8 Å². The molecule has 1 aromatic carbocycles. The van der Waals surface area contributed by atoms with Gasteiger partial charge in [0.25, 0.3) is 11.6 Å². The Hall–Kier alpha value is -3.24. The van der Waals surface area contributed by atoms with E-state index in [2.05, 4.69) is 17.0 Å². The summed E-state index contributed by atoms with van der Waals surface area (Å²) in [7, 11) is 0. The van der Waals surface area contributed by atoms with Crippen molar-refractivity contribution in [2.45, 2.75) is 46.5 Å². The van der Waals surface area contributed by atoms with Crippen molar-refractivity contribution in [3.05, 3.63) is 61.9 Å². The number of aryl methyl sites for hydroxylation is 1. The zero-order valence-electron chi connectivity index (χ0n) is 19.0. The number of carbonyl (C=O) groups is 1. The Morgan fingerprint density at radius 2 is 2.03 bits per heavy atom. The maximum atomic E-state index is 12.8. The minimum absolute atomic E-state index is 0.0140. The number of halogens is 1. The number of nitro benzene ring substituents is 1. The molecular formula is C23H23ClN6O3S. The first-order chi connectivity index (χ1) is 16.2. The molecule has 0 radical (unpaired) electrons. The van der Waals surface area contributed by atoms with E-state index in [4.69, 9.17) is 17.0 Å². The van der Waals surface area contributed by atoms with Gasteiger partial charge < -0.3 is 4.57 Å². The number of amides is 1. The topological polar surface area (TPSA) is 117 Å². The number of aliphatic imine (C=N–C) groups is 1. The normalized spacial score (nSPS) is 16.7. The monoisotopic (exact) mass is 498 g/mol. The summed E-state index contributed by atoms with van der Waals surface area (Å²) in [5, 5.41) is 27.2. The lowest BCUT2D eigenvalue weighted by Crippen LogP contribution is -2.35. The Morgan fingerprint density at radius 3 is 2.74 bits per heavy atom. The molecule has 176 valence electrons. The Balaban J connectivity index is 1.67. The fourth-order valence-corrected chi connectivity index (χ4v) is 5.04. The van der Waals surface area contributed by atoms with E-state index in [9.17, 15) is 14.9 Å². The van der Waals surface area contributed by atoms with Crippen molar-refractivity contribution in [3.63, 3.8) is 0 Å². The van der Waals surface area contributed by atoms with Gasteiger partial charge in [0.2, 0.25) is 5.17 Å². The number of hydrogen-bond acceptors (Lipinski definition) is 6. The van der Waals surface area contributed by atoms with Gasteiger partial charge >= 0.3 is 0 Å². The van der Waals surface area contributed by atoms with Crippen LogP contribution in [0.5, 0.6) is 0 Å². The maximum absolute atomic E-state index is 12.8. The van der Waals surface area contributed by atoms with Crippen LogP contribution in [0.15, 0.2) is 39.9 Å². The van der Waals surface area contributed by atoms with Crippen molar-refractivity contribution in [1.29, 1.82) is 5.41 Å². The Morgan fingerprint density at radius 1 is 1.26 bits per heavy atom. The third-order valence-corrected chi connectivity index (χ3v) is 6.93. The molecule has 2 aromatic rings. The molecule has 2 aliphatic heterocycles. The fraction of sp³-hybridized carbons (Fsp3) is 0.304. The van der Waals surface area contributed by atoms with Gasteiger partial charge in [-0.15, -0.1) is 0 Å². The average molecular weight is 499 g/mol. The van der Waals surface area contributed by atoms with E-state index in [0.29, 0.717) is 16.4 Å². The van der Waals surface area contributed by atoms with Gasteiger partial charge in [0.15, 0.2) is 5.84 Å². The van der Waals surface area contributed by atoms with Crippen LogP contribution in [0.4, 0.5) is 5.69 Å². The summed E-state index contributed by atoms with van der Waals surface area (Å²) >= 11 is 7.30. The van der Waals surface area contributed by atoms with Crippen LogP contribution in [-0.4, -0.2) is 36.5 Å². The summed E-state index contributed by atoms with van der Waals surface area (Å²) in [4.78, 5) is 27.7. The largest absolute Gasteiger partial charge is 0.318 e. The van der Waals surface area contributed by atoms with Crippen LogP contribution in [0.2, 0.25) is 5.02 Å². The van der Waals surface area contributed by atoms with Gasteiger partial charge in [-0.05, 0) is 68.3 Å². The van der Waals surface area contributed by atoms with Crippen LogP contribution >= 0.6 is 23.4 Å². The molecule has 1 amide bonds. The lowest BCUT2D eigenvalue weighted by Gasteiger charge is -2.20. The van der Waals surface area contributed by atoms with Crippen molar-refractivity contribution in [3.8, 4) is 5.69 Å². The number of unbranched alkanes of at least 4 members (excludes halogenated alkanes) is 2. The van der Waals surface area contributed by atoms with Crippen LogP contribution in [-0.2, 0) is 4.79 Å². The first-order valence-corrected chi connectivity index (χ1v) is 12.0. The summed E-state index contributed by atoms with van der Waals surface area (Å²) in [5.41, 5.74) is 2.82. The van der Waals surface area contributed by atoms with E-state index in [1.807, 2.05) is 24.5 Å². The quantitative estimate of drug-likeness (QED) is 0.222. The van der Waals surface area contributed by atoms with Gasteiger partial charge in [-0.1, -0.05) is 31.4 Å². The fourth-order valence-electron chi connectivity index (χ4n) is 3.93. The predicted molar refractivity (Wildman–Crippen MR) is 136 cm³/mol. The SMILES string of the molecule is CCCCCC1=NN2C(=N)C(=Cc3cc(C)n(-c4ccc(Cl)c([N+](=O)[O-])c4)c3C)C(=O)N=C2S1. The summed E-state index contributed by atoms with van der Waals surface area (Å²) in [5.74, 6) is -0.499. The Bertz CT molecular complexity index is 1310. The number of hydrazone groups is 1. The molecule has 4 rings (SSSR count). The second-order valence-corrected chi connectivity index (χ2v) is 9.47. The van der Waals surface area contributed by atoms with E-state index in [1.165, 1.54) is 28.9 Å². The van der Waals surface area contributed by atoms with E-state index in [-0.39, 0.29) is 22.1 Å². The van der Waals surface area contributed by atoms with E-state index in [1.54, 1.807) is 12.1 Å². The number of fused-ring (bicyclic) bond motifs is 1. The molecule has 1 N–H and O–H groups in total. The van der Waals surface area contributed by atoms with Crippen LogP contribution in [0.25, 0.3) is 11.8 Å². The predicted octanol–water partition coefficient (Wildman–Crippen LogP) is 5.86. The summed E-state index contributed by atoms with van der Waals surface area (Å²) in [6.07, 6.45) is 5.63. The molecular weight excluding hydrogens is 476 g/mol. The molecule has 0 aliphatic carbocycles. The average Bonchev–Trinajstić information content (AvgIpc) is 3.31. The first kappa shape index (κ1) is 23.9. The van der Waals surface area contributed by atoms with Gasteiger partial charge in [0, 0.05) is 17.5 Å². The summed E-state index contributed by atoms with van der Waals surface area (Å²) in [6.45, 7) is 5.85. The molecule has 11 heteroatoms.